The van der Waals surface area contributed by atoms with Gasteiger partial charge in [0.2, 0.25) is 11.8 Å². The largest absolute Gasteiger partial charge is 0.476 e. The number of carbonyl (C=O) groups excluding carboxylic acids is 2. The van der Waals surface area contributed by atoms with Gasteiger partial charge >= 0.3 is 18.0 Å². The van der Waals surface area contributed by atoms with Gasteiger partial charge in [-0.1, -0.05) is 103 Å². The van der Waals surface area contributed by atoms with Gasteiger partial charge in [-0.3, -0.25) is 5.32 Å². The Morgan fingerprint density at radius 3 is 2.02 bits per heavy atom. The van der Waals surface area contributed by atoms with Crippen LogP contribution in [0.15, 0.2) is 65.8 Å². The van der Waals surface area contributed by atoms with Gasteiger partial charge < -0.3 is 19.4 Å². The molecule has 0 aliphatic heterocycles. The summed E-state index contributed by atoms with van der Waals surface area (Å²) in [5.74, 6) is -2.68. The van der Waals surface area contributed by atoms with Gasteiger partial charge in [-0.25, -0.2) is 19.4 Å². The number of amides is 1. The summed E-state index contributed by atoms with van der Waals surface area (Å²) in [4.78, 5) is 46.9. The highest BCUT2D eigenvalue weighted by Crippen LogP contribution is 2.30. The Kier molecular flexibility index (Phi) is 10.2. The molecule has 1 aromatic heterocycles. The quantitative estimate of drug-likeness (QED) is 0.160. The number of carboxylic acid groups (broad SMARTS) is 1. The van der Waals surface area contributed by atoms with Crippen LogP contribution >= 0.6 is 22.9 Å². The number of carbonyl (C=O) groups is 3. The Labute approximate surface area is 240 Å². The molecule has 12 heteroatoms. The molecule has 0 aliphatic rings. The lowest BCUT2D eigenvalue weighted by Crippen LogP contribution is -2.32. The van der Waals surface area contributed by atoms with E-state index >= 15 is 0 Å². The minimum atomic E-state index is -1.50. The molecule has 2 N–H and O–H groups in total. The number of benzene rings is 2. The first-order chi connectivity index (χ1) is 18.9. The smallest absolute Gasteiger partial charge is 0.413 e. The maximum Gasteiger partial charge on any atom is 0.413 e. The van der Waals surface area contributed by atoms with E-state index in [1.54, 1.807) is 34.6 Å². The summed E-state index contributed by atoms with van der Waals surface area (Å²) < 4.78 is 11.0. The predicted molar refractivity (Wildman–Crippen MR) is 152 cm³/mol. The minimum absolute atomic E-state index is 0.00316. The van der Waals surface area contributed by atoms with E-state index in [1.807, 2.05) is 60.7 Å². The fourth-order valence-corrected chi connectivity index (χ4v) is 4.42. The summed E-state index contributed by atoms with van der Waals surface area (Å²) in [5.41, 5.74) is -0.153. The summed E-state index contributed by atoms with van der Waals surface area (Å²) in [5, 5.41) is 15.9. The zero-order chi connectivity index (χ0) is 29.4. The molecular weight excluding hydrogens is 558 g/mol. The van der Waals surface area contributed by atoms with Crippen molar-refractivity contribution in [1.82, 2.24) is 4.98 Å². The molecule has 40 heavy (non-hydrogen) atoms. The van der Waals surface area contributed by atoms with Crippen LogP contribution in [0.25, 0.3) is 0 Å². The average molecular weight is 588 g/mol. The third kappa shape index (κ3) is 8.52. The fraction of sp³-hybridized carbons (Fsp3) is 0.321. The highest BCUT2D eigenvalue weighted by molar-refractivity contribution is 7.20. The van der Waals surface area contributed by atoms with Crippen LogP contribution in [0.3, 0.4) is 0 Å². The number of esters is 1. The fourth-order valence-electron chi connectivity index (χ4n) is 3.39. The molecule has 1 atom stereocenters. The van der Waals surface area contributed by atoms with E-state index in [-0.39, 0.29) is 15.2 Å². The van der Waals surface area contributed by atoms with Crippen molar-refractivity contribution in [3.63, 3.8) is 0 Å². The van der Waals surface area contributed by atoms with Gasteiger partial charge in [0.05, 0.1) is 0 Å². The SMILES string of the molecule is CC(C)[C@@H](O/N=C(\C(=O)O)c1nc(NC(=O)OC(C)(C)C)sc1Cl)C(=O)OC(c1ccccc1)c1ccccc1. The summed E-state index contributed by atoms with van der Waals surface area (Å²) in [6.07, 6.45) is -2.76. The van der Waals surface area contributed by atoms with Gasteiger partial charge in [0, 0.05) is 5.92 Å². The van der Waals surface area contributed by atoms with Gasteiger partial charge in [-0.15, -0.1) is 0 Å². The first kappa shape index (κ1) is 30.6. The Morgan fingerprint density at radius 2 is 1.55 bits per heavy atom. The molecule has 0 bridgehead atoms. The normalized spacial score (nSPS) is 12.7. The number of halogens is 1. The Morgan fingerprint density at radius 1 is 1.00 bits per heavy atom. The lowest BCUT2D eigenvalue weighted by molar-refractivity contribution is -0.164. The Hall–Kier alpha value is -3.96. The van der Waals surface area contributed by atoms with E-state index in [0.29, 0.717) is 0 Å². The molecule has 0 fully saturated rings. The molecule has 0 unspecified atom stereocenters. The zero-order valence-corrected chi connectivity index (χ0v) is 24.2. The first-order valence-electron chi connectivity index (χ1n) is 12.3. The number of rotatable bonds is 10. The van der Waals surface area contributed by atoms with Gasteiger partial charge in [0.15, 0.2) is 11.2 Å². The average Bonchev–Trinajstić information content (AvgIpc) is 3.23. The van der Waals surface area contributed by atoms with Crippen LogP contribution in [0.5, 0.6) is 0 Å². The first-order valence-corrected chi connectivity index (χ1v) is 13.5. The van der Waals surface area contributed by atoms with Crippen molar-refractivity contribution in [3.05, 3.63) is 81.8 Å². The molecule has 1 amide bonds. The molecule has 3 rings (SSSR count). The van der Waals surface area contributed by atoms with Crippen LogP contribution in [0.1, 0.15) is 57.5 Å². The minimum Gasteiger partial charge on any atom is -0.476 e. The Balaban J connectivity index is 1.84. The molecule has 3 aromatic rings. The Bertz CT molecular complexity index is 1320. The summed E-state index contributed by atoms with van der Waals surface area (Å²) in [7, 11) is 0. The predicted octanol–water partition coefficient (Wildman–Crippen LogP) is 6.31. The maximum absolute atomic E-state index is 13.3. The second kappa shape index (κ2) is 13.4. The molecule has 2 aromatic carbocycles. The van der Waals surface area contributed by atoms with E-state index in [9.17, 15) is 19.5 Å². The van der Waals surface area contributed by atoms with E-state index < -0.39 is 47.5 Å². The molecule has 0 saturated carbocycles. The lowest BCUT2D eigenvalue weighted by atomic mass is 10.0. The summed E-state index contributed by atoms with van der Waals surface area (Å²) in [6, 6.07) is 18.4. The van der Waals surface area contributed by atoms with Crippen molar-refractivity contribution >= 4 is 51.8 Å². The zero-order valence-electron chi connectivity index (χ0n) is 22.6. The molecule has 1 heterocycles. The number of nitrogens with zero attached hydrogens (tertiary/aromatic N) is 2. The van der Waals surface area contributed by atoms with Crippen LogP contribution in [0.4, 0.5) is 9.93 Å². The summed E-state index contributed by atoms with van der Waals surface area (Å²) in [6.45, 7) is 8.49. The molecule has 0 radical (unpaired) electrons. The maximum atomic E-state index is 13.3. The number of aliphatic carboxylic acids is 1. The highest BCUT2D eigenvalue weighted by Gasteiger charge is 2.31. The van der Waals surface area contributed by atoms with Crippen molar-refractivity contribution in [2.45, 2.75) is 52.4 Å². The van der Waals surface area contributed by atoms with Crippen LogP contribution in [-0.4, -0.2) is 45.5 Å². The third-order valence-electron chi connectivity index (χ3n) is 5.15. The number of ether oxygens (including phenoxy) is 2. The number of aromatic nitrogens is 1. The monoisotopic (exact) mass is 587 g/mol. The second-order valence-corrected chi connectivity index (χ2v) is 11.5. The van der Waals surface area contributed by atoms with Gasteiger partial charge in [-0.2, -0.15) is 0 Å². The molecule has 0 aliphatic carbocycles. The molecule has 0 saturated heterocycles. The van der Waals surface area contributed by atoms with E-state index in [0.717, 1.165) is 22.5 Å². The van der Waals surface area contributed by atoms with Gasteiger partial charge in [0.1, 0.15) is 15.6 Å². The van der Waals surface area contributed by atoms with Crippen LogP contribution < -0.4 is 5.32 Å². The summed E-state index contributed by atoms with van der Waals surface area (Å²) >= 11 is 7.03. The van der Waals surface area contributed by atoms with Gasteiger partial charge in [0.25, 0.3) is 0 Å². The highest BCUT2D eigenvalue weighted by atomic mass is 35.5. The molecule has 212 valence electrons. The van der Waals surface area contributed by atoms with Crippen LogP contribution in [0.2, 0.25) is 4.34 Å². The number of nitrogens with one attached hydrogen (secondary N) is 1. The number of thiazole rings is 1. The number of anilines is 1. The number of carboxylic acids is 1. The number of oxime groups is 1. The number of hydrogen-bond donors (Lipinski definition) is 2. The van der Waals surface area contributed by atoms with Crippen molar-refractivity contribution in [1.29, 1.82) is 0 Å². The topological polar surface area (TPSA) is 136 Å². The van der Waals surface area contributed by atoms with Crippen molar-refractivity contribution < 1.29 is 33.8 Å². The van der Waals surface area contributed by atoms with Crippen molar-refractivity contribution in [2.24, 2.45) is 11.1 Å². The van der Waals surface area contributed by atoms with Crippen molar-refractivity contribution in [2.75, 3.05) is 5.32 Å². The lowest BCUT2D eigenvalue weighted by Gasteiger charge is -2.23. The second-order valence-electron chi connectivity index (χ2n) is 9.92. The van der Waals surface area contributed by atoms with Crippen LogP contribution in [-0.2, 0) is 23.9 Å². The number of hydrogen-bond acceptors (Lipinski definition) is 9. The molecule has 0 spiro atoms. The van der Waals surface area contributed by atoms with E-state index in [1.165, 1.54) is 0 Å². The van der Waals surface area contributed by atoms with E-state index in [4.69, 9.17) is 25.9 Å². The van der Waals surface area contributed by atoms with Crippen molar-refractivity contribution in [3.8, 4) is 0 Å². The standard InChI is InChI=1S/C28H30ClN3O7S/c1-16(2)21(25(35)37-22(17-12-8-6-9-13-17)18-14-10-7-11-15-18)39-32-20(24(33)34)19-23(29)40-26(30-19)31-27(36)38-28(3,4)5/h6-16,21-22H,1-5H3,(H,33,34)(H,30,31,36)/b32-20-/t21-/m1/s1. The van der Waals surface area contributed by atoms with Gasteiger partial charge in [-0.05, 0) is 31.9 Å². The molecular formula is C28H30ClN3O7S. The molecule has 10 nitrogen and oxygen atoms in total. The van der Waals surface area contributed by atoms with E-state index in [2.05, 4.69) is 15.5 Å². The van der Waals surface area contributed by atoms with Crippen LogP contribution in [0, 0.1) is 5.92 Å². The third-order valence-corrected chi connectivity index (χ3v) is 6.32.